The first kappa shape index (κ1) is 34.0. The van der Waals surface area contributed by atoms with Crippen molar-refractivity contribution in [2.75, 3.05) is 37.0 Å². The van der Waals surface area contributed by atoms with Crippen LogP contribution in [0.1, 0.15) is 54.5 Å². The Kier molecular flexibility index (Phi) is 10.5. The molecule has 4 aromatic rings. The molecule has 11 nitrogen and oxygen atoms in total. The third kappa shape index (κ3) is 7.29. The Hall–Kier alpha value is -4.84. The summed E-state index contributed by atoms with van der Waals surface area (Å²) in [7, 11) is 1.56. The molecule has 1 saturated heterocycles. The highest BCUT2D eigenvalue weighted by Gasteiger charge is 2.52. The Morgan fingerprint density at radius 2 is 2.00 bits per heavy atom. The van der Waals surface area contributed by atoms with Crippen LogP contribution in [0.25, 0.3) is 0 Å². The Morgan fingerprint density at radius 1 is 1.16 bits per heavy atom. The number of benzene rings is 3. The van der Waals surface area contributed by atoms with Crippen LogP contribution in [0, 0.1) is 11.8 Å². The van der Waals surface area contributed by atoms with Gasteiger partial charge in [0.1, 0.15) is 5.75 Å². The number of piperidine rings is 1. The normalized spacial score (nSPS) is 20.3. The number of carbonyl (C=O) groups is 2. The molecular formula is C38H44N6O5. The van der Waals surface area contributed by atoms with Gasteiger partial charge in [0.05, 0.1) is 43.5 Å². The fourth-order valence-electron chi connectivity index (χ4n) is 6.74. The van der Waals surface area contributed by atoms with Gasteiger partial charge in [0.2, 0.25) is 5.91 Å². The number of rotatable bonds is 13. The van der Waals surface area contributed by atoms with Crippen molar-refractivity contribution < 1.29 is 24.5 Å². The zero-order valence-corrected chi connectivity index (χ0v) is 28.0. The Balaban J connectivity index is 1.14. The van der Waals surface area contributed by atoms with E-state index in [0.717, 1.165) is 30.5 Å². The third-order valence-corrected chi connectivity index (χ3v) is 9.59. The van der Waals surface area contributed by atoms with Crippen molar-refractivity contribution in [2.45, 2.75) is 50.8 Å². The highest BCUT2D eigenvalue weighted by Crippen LogP contribution is 2.47. The van der Waals surface area contributed by atoms with Gasteiger partial charge >= 0.3 is 0 Å². The molecule has 0 aliphatic carbocycles. The Labute approximate surface area is 286 Å². The van der Waals surface area contributed by atoms with E-state index in [1.807, 2.05) is 79.9 Å². The number of nitrogens with zero attached hydrogens (tertiary/aromatic N) is 4. The highest BCUT2D eigenvalue weighted by molar-refractivity contribution is 6.07. The number of anilines is 2. The monoisotopic (exact) mass is 664 g/mol. The maximum absolute atomic E-state index is 14.1. The molecule has 2 aliphatic rings. The van der Waals surface area contributed by atoms with Crippen molar-refractivity contribution in [2.24, 2.45) is 11.8 Å². The summed E-state index contributed by atoms with van der Waals surface area (Å²) in [4.78, 5) is 28.6. The minimum Gasteiger partial charge on any atom is -0.497 e. The number of aromatic nitrogens is 3. The standard InChI is InChI=1S/C38H44N6O5/c1-26(10-6-7-19-43-24-34(41-42-43)32(25-45)28-12-4-3-5-13-28)38(48)33-21-31(49-2)16-17-35(33)44(37(38)47)23-27-11-8-15-30(20-27)40-36(46)29-14-9-18-39-22-29/h3-6,8,10-13,15-17,20-21,24,26,29,32,39,45,48H,7,9,14,18-19,22-23,25H2,1-2H3,(H,40,46)/b10-6+/t26-,29?,32?,38+/m1/s1. The maximum Gasteiger partial charge on any atom is 0.264 e. The summed E-state index contributed by atoms with van der Waals surface area (Å²) in [5.41, 5.74) is 2.45. The first-order valence-electron chi connectivity index (χ1n) is 16.9. The molecule has 1 fully saturated rings. The molecule has 2 unspecified atom stereocenters. The van der Waals surface area contributed by atoms with E-state index >= 15 is 0 Å². The van der Waals surface area contributed by atoms with E-state index in [0.29, 0.717) is 47.9 Å². The molecule has 2 aliphatic heterocycles. The molecule has 4 atom stereocenters. The largest absolute Gasteiger partial charge is 0.497 e. The predicted molar refractivity (Wildman–Crippen MR) is 187 cm³/mol. The minimum absolute atomic E-state index is 0.0141. The number of methoxy groups -OCH3 is 1. The average Bonchev–Trinajstić information content (AvgIpc) is 3.68. The van der Waals surface area contributed by atoms with Gasteiger partial charge in [-0.25, -0.2) is 0 Å². The lowest BCUT2D eigenvalue weighted by molar-refractivity contribution is -0.139. The molecule has 256 valence electrons. The van der Waals surface area contributed by atoms with Crippen LogP contribution in [0.4, 0.5) is 11.4 Å². The fourth-order valence-corrected chi connectivity index (χ4v) is 6.74. The lowest BCUT2D eigenvalue weighted by atomic mass is 9.83. The topological polar surface area (TPSA) is 142 Å². The van der Waals surface area contributed by atoms with E-state index in [1.165, 1.54) is 0 Å². The summed E-state index contributed by atoms with van der Waals surface area (Å²) in [6, 6.07) is 22.5. The predicted octanol–water partition coefficient (Wildman–Crippen LogP) is 4.37. The smallest absolute Gasteiger partial charge is 0.264 e. The van der Waals surface area contributed by atoms with Crippen molar-refractivity contribution in [3.05, 3.63) is 114 Å². The summed E-state index contributed by atoms with van der Waals surface area (Å²) in [6.45, 7) is 4.12. The molecule has 0 saturated carbocycles. The van der Waals surface area contributed by atoms with Crippen LogP contribution in [-0.4, -0.2) is 63.8 Å². The molecule has 0 spiro atoms. The molecule has 3 aromatic carbocycles. The van der Waals surface area contributed by atoms with E-state index in [9.17, 15) is 19.8 Å². The number of carbonyl (C=O) groups excluding carboxylic acids is 2. The first-order valence-corrected chi connectivity index (χ1v) is 16.9. The number of allylic oxidation sites excluding steroid dienone is 1. The van der Waals surface area contributed by atoms with Gasteiger partial charge in [-0.2, -0.15) is 0 Å². The molecular weight excluding hydrogens is 620 g/mol. The van der Waals surface area contributed by atoms with Crippen molar-refractivity contribution in [3.8, 4) is 5.75 Å². The van der Waals surface area contributed by atoms with Crippen LogP contribution in [0.5, 0.6) is 5.75 Å². The number of hydrogen-bond acceptors (Lipinski definition) is 8. The van der Waals surface area contributed by atoms with Crippen LogP contribution in [-0.2, 0) is 28.3 Å². The maximum atomic E-state index is 14.1. The first-order chi connectivity index (χ1) is 23.8. The van der Waals surface area contributed by atoms with E-state index < -0.39 is 17.4 Å². The number of ether oxygens (including phenoxy) is 1. The average molecular weight is 665 g/mol. The van der Waals surface area contributed by atoms with Crippen LogP contribution < -0.4 is 20.3 Å². The van der Waals surface area contributed by atoms with Crippen molar-refractivity contribution >= 4 is 23.2 Å². The molecule has 0 radical (unpaired) electrons. The number of fused-ring (bicyclic) bond motifs is 1. The SMILES string of the molecule is COc1ccc2c(c1)[C@@](O)([C@H](C)/C=C/CCn1cc(C(CO)c3ccccc3)nn1)C(=O)N2Cc1cccc(NC(=O)C2CCCNC2)c1. The quantitative estimate of drug-likeness (QED) is 0.155. The van der Waals surface area contributed by atoms with Crippen LogP contribution >= 0.6 is 0 Å². The second kappa shape index (κ2) is 15.1. The molecule has 4 N–H and O–H groups in total. The van der Waals surface area contributed by atoms with Gasteiger partial charge in [0.15, 0.2) is 5.60 Å². The summed E-state index contributed by atoms with van der Waals surface area (Å²) < 4.78 is 7.20. The van der Waals surface area contributed by atoms with Gasteiger partial charge < -0.3 is 30.5 Å². The van der Waals surface area contributed by atoms with E-state index in [1.54, 1.807) is 34.9 Å². The molecule has 49 heavy (non-hydrogen) atoms. The molecule has 11 heteroatoms. The second-order valence-electron chi connectivity index (χ2n) is 12.8. The van der Waals surface area contributed by atoms with Gasteiger partial charge in [-0.3, -0.25) is 14.3 Å². The zero-order valence-electron chi connectivity index (χ0n) is 28.0. The number of amides is 2. The third-order valence-electron chi connectivity index (χ3n) is 9.59. The van der Waals surface area contributed by atoms with E-state index in [4.69, 9.17) is 4.74 Å². The van der Waals surface area contributed by atoms with Crippen molar-refractivity contribution in [3.63, 3.8) is 0 Å². The number of aliphatic hydroxyl groups excluding tert-OH is 1. The molecule has 0 bridgehead atoms. The summed E-state index contributed by atoms with van der Waals surface area (Å²) in [6.07, 6.45) is 8.06. The fraction of sp³-hybridized carbons (Fsp3) is 0.368. The Morgan fingerprint density at radius 3 is 2.76 bits per heavy atom. The minimum atomic E-state index is -1.81. The molecule has 6 rings (SSSR count). The van der Waals surface area contributed by atoms with Gasteiger partial charge in [0.25, 0.3) is 5.91 Å². The van der Waals surface area contributed by atoms with E-state index in [-0.39, 0.29) is 30.9 Å². The molecule has 2 amide bonds. The second-order valence-corrected chi connectivity index (χ2v) is 12.8. The van der Waals surface area contributed by atoms with Crippen LogP contribution in [0.3, 0.4) is 0 Å². The summed E-state index contributed by atoms with van der Waals surface area (Å²) in [5.74, 6) is -0.783. The zero-order chi connectivity index (χ0) is 34.4. The highest BCUT2D eigenvalue weighted by atomic mass is 16.5. The van der Waals surface area contributed by atoms with Crippen LogP contribution in [0.15, 0.2) is 91.1 Å². The van der Waals surface area contributed by atoms with Gasteiger partial charge in [-0.1, -0.05) is 66.8 Å². The van der Waals surface area contributed by atoms with E-state index in [2.05, 4.69) is 20.9 Å². The molecule has 1 aromatic heterocycles. The Bertz CT molecular complexity index is 1790. The number of hydrogen-bond donors (Lipinski definition) is 4. The number of aliphatic hydroxyl groups is 2. The number of aryl methyl sites for hydroxylation is 1. The van der Waals surface area contributed by atoms with Crippen LogP contribution in [0.2, 0.25) is 0 Å². The van der Waals surface area contributed by atoms with Gasteiger partial charge in [-0.05, 0) is 67.3 Å². The van der Waals surface area contributed by atoms with Crippen molar-refractivity contribution in [1.82, 2.24) is 20.3 Å². The van der Waals surface area contributed by atoms with Gasteiger partial charge in [0, 0.05) is 36.5 Å². The summed E-state index contributed by atoms with van der Waals surface area (Å²) >= 11 is 0. The lowest BCUT2D eigenvalue weighted by Gasteiger charge is -2.28. The molecule has 3 heterocycles. The van der Waals surface area contributed by atoms with Gasteiger partial charge in [-0.15, -0.1) is 5.10 Å². The summed E-state index contributed by atoms with van der Waals surface area (Å²) in [5, 5.41) is 37.0. The van der Waals surface area contributed by atoms with Crippen molar-refractivity contribution in [1.29, 1.82) is 0 Å². The lowest BCUT2D eigenvalue weighted by Crippen LogP contribution is -2.44. The number of nitrogens with one attached hydrogen (secondary N) is 2.